The van der Waals surface area contributed by atoms with Crippen molar-refractivity contribution in [2.75, 3.05) is 111 Å². The fourth-order valence-electron chi connectivity index (χ4n) is 8.46. The number of allylic oxidation sites excluding steroid dienone is 1. The second-order valence-electron chi connectivity index (χ2n) is 16.5. The second-order valence-corrected chi connectivity index (χ2v) is 16.5. The number of rotatable bonds is 13. The number of amides is 3. The van der Waals surface area contributed by atoms with Crippen LogP contribution in [0.3, 0.4) is 0 Å². The first-order chi connectivity index (χ1) is 35.3. The molecule has 3 saturated heterocycles. The highest BCUT2D eigenvalue weighted by Crippen LogP contribution is 2.42. The van der Waals surface area contributed by atoms with Crippen molar-refractivity contribution in [2.24, 2.45) is 10.9 Å². The minimum absolute atomic E-state index is 0.00277. The molecule has 0 spiro atoms. The molecule has 27 heteroatoms. The van der Waals surface area contributed by atoms with Crippen LogP contribution in [-0.4, -0.2) is 172 Å². The normalized spacial score (nSPS) is 26.8. The van der Waals surface area contributed by atoms with E-state index in [-0.39, 0.29) is 78.9 Å². The number of hydrogen-bond acceptors (Lipinski definition) is 16. The number of guanidine groups is 1. The number of carbonyl (C=O) groups is 3. The lowest BCUT2D eigenvalue weighted by Gasteiger charge is -2.46. The number of hydrogen-bond donors (Lipinski definition) is 4. The molecular weight excluding hydrogens is 963 g/mol. The Kier molecular flexibility index (Phi) is 14.3. The fraction of sp³-hybridized carbons (Fsp3) is 0.545. The lowest BCUT2D eigenvalue weighted by Crippen LogP contribution is -2.68. The molecule has 19 nitrogen and oxygen atoms in total. The van der Waals surface area contributed by atoms with Crippen molar-refractivity contribution in [2.45, 2.75) is 49.8 Å². The predicted octanol–water partition coefficient (Wildman–Crippen LogP) is 4.61. The maximum Gasteiger partial charge on any atom is 0.421 e. The van der Waals surface area contributed by atoms with Crippen molar-refractivity contribution in [3.05, 3.63) is 64.6 Å². The van der Waals surface area contributed by atoms with Crippen molar-refractivity contribution < 1.29 is 83.2 Å². The number of hydrazine groups is 1. The summed E-state index contributed by atoms with van der Waals surface area (Å²) in [5.41, 5.74) is -0.356. The Labute approximate surface area is 408 Å². The van der Waals surface area contributed by atoms with E-state index in [9.17, 15) is 40.7 Å². The van der Waals surface area contributed by atoms with Gasteiger partial charge >= 0.3 is 18.3 Å². The molecule has 1 saturated carbocycles. The molecular formula is C44H54F8N11O8+. The molecule has 2 aliphatic carbocycles. The SMILES string of the molecule is CNc1nc(Nc2cc(OC)c(C(=O)N3CCOCC3)c(OC)c2F)ncc1C(F)(F)F.[2H]C1C([2H])([2H])C1([2H])NN1CC(C(F)(F)F)=CN=C1NC1(F)CC=C(OC)C=C1[N+]1(C(=O)C2CCN(C=O)C2)CCOCC1. The van der Waals surface area contributed by atoms with Crippen LogP contribution >= 0.6 is 0 Å². The van der Waals surface area contributed by atoms with E-state index in [2.05, 4.69) is 36.3 Å². The number of nitrogens with zero attached hydrogens (tertiary/aromatic N) is 7. The Morgan fingerprint density at radius 3 is 2.32 bits per heavy atom. The van der Waals surface area contributed by atoms with E-state index in [1.54, 1.807) is 0 Å². The summed E-state index contributed by atoms with van der Waals surface area (Å²) in [7, 11) is 5.11. The first-order valence-corrected chi connectivity index (χ1v) is 22.0. The van der Waals surface area contributed by atoms with Gasteiger partial charge in [0, 0.05) is 75.7 Å². The van der Waals surface area contributed by atoms with Crippen LogP contribution in [0.15, 0.2) is 52.6 Å². The van der Waals surface area contributed by atoms with Crippen LogP contribution in [0.5, 0.6) is 11.5 Å². The van der Waals surface area contributed by atoms with Gasteiger partial charge < -0.3 is 49.4 Å². The smallest absolute Gasteiger partial charge is 0.421 e. The number of morpholine rings is 2. The quantitative estimate of drug-likeness (QED) is 0.0941. The summed E-state index contributed by atoms with van der Waals surface area (Å²) in [5, 5.41) is 8.08. The molecule has 0 bridgehead atoms. The standard InChI is InChI=1S/C25H33F4N6O4.C19H21F4N5O4/c1-38-20-4-6-24(26,31-23-30-13-18(25(27,28)29)15-34(23)32-19-2-3-19)21(12-20)35(8-10-39-11-9-35)22(37)17-5-7-33(14-17)16-36;1-24-16-10(19(21,22)23)9-25-18(27-16)26-11-8-12(30-2)13(15(31-3)14(11)20)17(29)28-4-6-32-7-5-28/h4,12-13,16-17,19,32H,2-3,5-11,14-15H2,1H3,(H,30,31);8-9H,4-7H2,1-3H3,(H2,24,25,26,27)/q+1;/i2D,3D2,19D;. The fourth-order valence-corrected chi connectivity index (χ4v) is 8.46. The minimum atomic E-state index is -4.82. The zero-order valence-electron chi connectivity index (χ0n) is 42.7. The summed E-state index contributed by atoms with van der Waals surface area (Å²) in [4.78, 5) is 52.6. The van der Waals surface area contributed by atoms with Crippen LogP contribution in [0, 0.1) is 11.7 Å². The summed E-state index contributed by atoms with van der Waals surface area (Å²) >= 11 is 0. The summed E-state index contributed by atoms with van der Waals surface area (Å²) in [6.07, 6.45) is -9.05. The Morgan fingerprint density at radius 2 is 1.73 bits per heavy atom. The Hall–Kier alpha value is -6.32. The van der Waals surface area contributed by atoms with Crippen molar-refractivity contribution in [1.82, 2.24) is 35.5 Å². The highest BCUT2D eigenvalue weighted by Gasteiger charge is 2.57. The van der Waals surface area contributed by atoms with E-state index in [0.717, 1.165) is 0 Å². The maximum absolute atomic E-state index is 17.4. The third kappa shape index (κ3) is 11.6. The maximum atomic E-state index is 17.4. The van der Waals surface area contributed by atoms with Gasteiger partial charge in [-0.1, -0.05) is 0 Å². The van der Waals surface area contributed by atoms with E-state index < -0.39 is 94.9 Å². The number of ether oxygens (including phenoxy) is 5. The number of methoxy groups -OCH3 is 3. The average molecular weight is 1020 g/mol. The Balaban J connectivity index is 0.000000229. The minimum Gasteiger partial charge on any atom is -0.497 e. The number of likely N-dealkylation sites (tertiary alicyclic amines) is 1. The first kappa shape index (κ1) is 47.0. The molecule has 8 rings (SSSR count). The number of benzene rings is 1. The molecule has 388 valence electrons. The van der Waals surface area contributed by atoms with Gasteiger partial charge in [0.15, 0.2) is 17.3 Å². The zero-order valence-corrected chi connectivity index (χ0v) is 38.7. The number of aliphatic imine (C=N–C) groups is 1. The molecule has 2 aromatic rings. The van der Waals surface area contributed by atoms with Crippen LogP contribution in [-0.2, 0) is 30.0 Å². The molecule has 3 amide bonds. The van der Waals surface area contributed by atoms with E-state index in [1.807, 2.05) is 0 Å². The lowest BCUT2D eigenvalue weighted by atomic mass is 9.94. The molecule has 1 aromatic heterocycles. The van der Waals surface area contributed by atoms with Gasteiger partial charge in [-0.15, -0.1) is 0 Å². The van der Waals surface area contributed by atoms with Crippen molar-refractivity contribution in [3.8, 4) is 11.5 Å². The first-order valence-electron chi connectivity index (χ1n) is 24.0. The topological polar surface area (TPSA) is 193 Å². The van der Waals surface area contributed by atoms with E-state index in [4.69, 9.17) is 29.2 Å². The van der Waals surface area contributed by atoms with Gasteiger partial charge in [0.05, 0.1) is 71.5 Å². The molecule has 6 aliphatic rings. The highest BCUT2D eigenvalue weighted by atomic mass is 19.4. The number of aromatic nitrogens is 2. The average Bonchev–Trinajstić information content (AvgIpc) is 3.67. The van der Waals surface area contributed by atoms with Gasteiger partial charge in [-0.05, 0) is 25.3 Å². The van der Waals surface area contributed by atoms with Gasteiger partial charge in [0.2, 0.25) is 18.3 Å². The molecule has 4 aliphatic heterocycles. The number of anilines is 3. The van der Waals surface area contributed by atoms with Gasteiger partial charge in [-0.25, -0.2) is 33.5 Å². The van der Waals surface area contributed by atoms with E-state index >= 15 is 8.78 Å². The Bertz CT molecular complexity index is 2640. The van der Waals surface area contributed by atoms with Gasteiger partial charge in [-0.2, -0.15) is 31.3 Å². The van der Waals surface area contributed by atoms with Gasteiger partial charge in [0.25, 0.3) is 11.7 Å². The lowest BCUT2D eigenvalue weighted by molar-refractivity contribution is -0.833. The number of carbonyl (C=O) groups excluding carboxylic acids is 3. The molecule has 5 heterocycles. The molecule has 4 N–H and O–H groups in total. The van der Waals surface area contributed by atoms with Crippen LogP contribution in [0.25, 0.3) is 0 Å². The number of alkyl halides is 7. The molecule has 71 heavy (non-hydrogen) atoms. The molecule has 4 atom stereocenters. The summed E-state index contributed by atoms with van der Waals surface area (Å²) in [6, 6.07) is -1.13. The monoisotopic (exact) mass is 1020 g/mol. The highest BCUT2D eigenvalue weighted by molar-refractivity contribution is 6.01. The summed E-state index contributed by atoms with van der Waals surface area (Å²) < 4.78 is 171. The zero-order chi connectivity index (χ0) is 54.9. The van der Waals surface area contributed by atoms with Crippen molar-refractivity contribution >= 4 is 41.6 Å². The van der Waals surface area contributed by atoms with Crippen molar-refractivity contribution in [3.63, 3.8) is 0 Å². The van der Waals surface area contributed by atoms with Crippen LogP contribution in [0.4, 0.5) is 52.6 Å². The summed E-state index contributed by atoms with van der Waals surface area (Å²) in [5.74, 6) is -6.43. The van der Waals surface area contributed by atoms with Crippen molar-refractivity contribution in [1.29, 1.82) is 0 Å². The molecule has 1 aromatic carbocycles. The van der Waals surface area contributed by atoms with Gasteiger partial charge in [-0.3, -0.25) is 14.6 Å². The predicted molar refractivity (Wildman–Crippen MR) is 237 cm³/mol. The summed E-state index contributed by atoms with van der Waals surface area (Å²) in [6.45, 7) is 1.23. The molecule has 0 radical (unpaired) electrons. The van der Waals surface area contributed by atoms with E-state index in [1.165, 1.54) is 56.4 Å². The second kappa shape index (κ2) is 21.6. The van der Waals surface area contributed by atoms with Gasteiger partial charge in [0.1, 0.15) is 41.5 Å². The molecule has 4 fully saturated rings. The van der Waals surface area contributed by atoms with E-state index in [0.29, 0.717) is 63.1 Å². The molecule has 4 unspecified atom stereocenters. The largest absolute Gasteiger partial charge is 0.497 e. The van der Waals surface area contributed by atoms with Crippen LogP contribution in [0.2, 0.25) is 0 Å². The number of nitrogens with one attached hydrogen (secondary N) is 4. The number of halogens is 8. The number of quaternary nitrogens is 1. The third-order valence-corrected chi connectivity index (χ3v) is 12.2. The van der Waals surface area contributed by atoms with Crippen LogP contribution in [0.1, 0.15) is 47.0 Å². The third-order valence-electron chi connectivity index (χ3n) is 12.2. The Morgan fingerprint density at radius 1 is 1.03 bits per heavy atom. The van der Waals surface area contributed by atoms with Crippen LogP contribution < -0.4 is 30.8 Å².